The lowest BCUT2D eigenvalue weighted by molar-refractivity contribution is 0.441. The Morgan fingerprint density at radius 1 is 1.31 bits per heavy atom. The molecule has 0 fully saturated rings. The molecule has 1 aromatic rings. The summed E-state index contributed by atoms with van der Waals surface area (Å²) in [6, 6.07) is 2.35. The Hall–Kier alpha value is -1.09. The van der Waals surface area contributed by atoms with Crippen molar-refractivity contribution in [2.75, 3.05) is 0 Å². The van der Waals surface area contributed by atoms with Gasteiger partial charge in [0.05, 0.1) is 0 Å². The fourth-order valence-electron chi connectivity index (χ4n) is 1.71. The lowest BCUT2D eigenvalue weighted by atomic mass is 9.96. The lowest BCUT2D eigenvalue weighted by Gasteiger charge is -2.16. The Kier molecular flexibility index (Phi) is 4.30. The zero-order chi connectivity index (χ0) is 12.3. The van der Waals surface area contributed by atoms with Crippen LogP contribution in [0, 0.1) is 18.7 Å². The van der Waals surface area contributed by atoms with Gasteiger partial charge in [-0.05, 0) is 43.4 Å². The van der Waals surface area contributed by atoms with Crippen LogP contribution in [0.15, 0.2) is 12.1 Å². The summed E-state index contributed by atoms with van der Waals surface area (Å²) < 4.78 is 13.2. The first kappa shape index (κ1) is 13.0. The average Bonchev–Trinajstić information content (AvgIpc) is 2.19. The zero-order valence-electron chi connectivity index (χ0n) is 10.1. The van der Waals surface area contributed by atoms with Gasteiger partial charge in [-0.1, -0.05) is 13.8 Å². The summed E-state index contributed by atoms with van der Waals surface area (Å²) >= 11 is 0. The second-order valence-corrected chi connectivity index (χ2v) is 4.74. The zero-order valence-corrected chi connectivity index (χ0v) is 10.1. The Balaban J connectivity index is 2.86. The predicted molar refractivity (Wildman–Crippen MR) is 63.8 cm³/mol. The van der Waals surface area contributed by atoms with Crippen LogP contribution in [0.3, 0.4) is 0 Å². The molecule has 16 heavy (non-hydrogen) atoms. The van der Waals surface area contributed by atoms with E-state index in [1.54, 1.807) is 6.92 Å². The maximum atomic E-state index is 13.2. The molecule has 0 aliphatic rings. The summed E-state index contributed by atoms with van der Waals surface area (Å²) in [5, 5.41) is 9.81. The predicted octanol–water partition coefficient (Wildman–Crippen LogP) is 3.28. The molecule has 0 saturated heterocycles. The summed E-state index contributed by atoms with van der Waals surface area (Å²) in [4.78, 5) is 0. The van der Waals surface area contributed by atoms with E-state index in [-0.39, 0.29) is 17.6 Å². The van der Waals surface area contributed by atoms with Crippen LogP contribution >= 0.6 is 0 Å². The molecule has 1 aromatic carbocycles. The van der Waals surface area contributed by atoms with E-state index < -0.39 is 0 Å². The number of phenols is 1. The average molecular weight is 225 g/mol. The second-order valence-electron chi connectivity index (χ2n) is 4.74. The van der Waals surface area contributed by atoms with Gasteiger partial charge in [-0.3, -0.25) is 0 Å². The Morgan fingerprint density at radius 2 is 1.94 bits per heavy atom. The highest BCUT2D eigenvalue weighted by molar-refractivity contribution is 5.41. The van der Waals surface area contributed by atoms with Crippen molar-refractivity contribution in [2.24, 2.45) is 11.7 Å². The molecule has 0 heterocycles. The van der Waals surface area contributed by atoms with Gasteiger partial charge < -0.3 is 10.8 Å². The molecular formula is C13H20FNO. The molecular weight excluding hydrogens is 205 g/mol. The highest BCUT2D eigenvalue weighted by Gasteiger charge is 2.14. The van der Waals surface area contributed by atoms with Crippen LogP contribution in [-0.2, 0) is 0 Å². The molecule has 0 radical (unpaired) electrons. The summed E-state index contributed by atoms with van der Waals surface area (Å²) in [6.07, 6.45) is 1.73. The first-order valence-electron chi connectivity index (χ1n) is 5.66. The quantitative estimate of drug-likeness (QED) is 0.826. The number of halogens is 1. The first-order chi connectivity index (χ1) is 7.41. The fourth-order valence-corrected chi connectivity index (χ4v) is 1.71. The van der Waals surface area contributed by atoms with Crippen molar-refractivity contribution in [1.82, 2.24) is 0 Å². The van der Waals surface area contributed by atoms with Crippen molar-refractivity contribution in [3.8, 4) is 5.75 Å². The number of benzene rings is 1. The third-order valence-electron chi connectivity index (χ3n) is 2.75. The maximum Gasteiger partial charge on any atom is 0.124 e. The van der Waals surface area contributed by atoms with Gasteiger partial charge in [0, 0.05) is 11.6 Å². The monoisotopic (exact) mass is 225 g/mol. The Morgan fingerprint density at radius 3 is 2.50 bits per heavy atom. The van der Waals surface area contributed by atoms with Crippen LogP contribution in [0.25, 0.3) is 0 Å². The standard InChI is InChI=1S/C13H20FNO/c1-8(2)4-5-12(15)11-7-10(14)6-9(3)13(11)16/h6-8,12,16H,4-5,15H2,1-3H3/t12-/m1/s1. The number of phenolic OH excluding ortho intramolecular Hbond substituents is 1. The van der Waals surface area contributed by atoms with Gasteiger partial charge in [0.25, 0.3) is 0 Å². The Bertz CT molecular complexity index is 363. The number of hydrogen-bond donors (Lipinski definition) is 2. The van der Waals surface area contributed by atoms with Crippen LogP contribution in [-0.4, -0.2) is 5.11 Å². The van der Waals surface area contributed by atoms with Crippen molar-refractivity contribution in [2.45, 2.75) is 39.7 Å². The van der Waals surface area contributed by atoms with Gasteiger partial charge in [-0.2, -0.15) is 0 Å². The molecule has 3 heteroatoms. The minimum Gasteiger partial charge on any atom is -0.507 e. The molecule has 0 aliphatic carbocycles. The first-order valence-corrected chi connectivity index (χ1v) is 5.66. The highest BCUT2D eigenvalue weighted by atomic mass is 19.1. The molecule has 0 unspecified atom stereocenters. The number of aromatic hydroxyl groups is 1. The van der Waals surface area contributed by atoms with Gasteiger partial charge >= 0.3 is 0 Å². The summed E-state index contributed by atoms with van der Waals surface area (Å²) in [7, 11) is 0. The summed E-state index contributed by atoms with van der Waals surface area (Å²) in [5.41, 5.74) is 7.00. The smallest absolute Gasteiger partial charge is 0.124 e. The molecule has 3 N–H and O–H groups in total. The van der Waals surface area contributed by atoms with Gasteiger partial charge in [-0.15, -0.1) is 0 Å². The van der Waals surface area contributed by atoms with Crippen molar-refractivity contribution in [1.29, 1.82) is 0 Å². The normalized spacial score (nSPS) is 13.1. The topological polar surface area (TPSA) is 46.2 Å². The minimum absolute atomic E-state index is 0.123. The van der Waals surface area contributed by atoms with Crippen molar-refractivity contribution in [3.63, 3.8) is 0 Å². The molecule has 0 spiro atoms. The number of aryl methyl sites for hydroxylation is 1. The highest BCUT2D eigenvalue weighted by Crippen LogP contribution is 2.30. The second kappa shape index (κ2) is 5.30. The Labute approximate surface area is 96.3 Å². The maximum absolute atomic E-state index is 13.2. The van der Waals surface area contributed by atoms with Gasteiger partial charge in [0.2, 0.25) is 0 Å². The van der Waals surface area contributed by atoms with Crippen molar-refractivity contribution in [3.05, 3.63) is 29.1 Å². The van der Waals surface area contributed by atoms with Gasteiger partial charge in [0.15, 0.2) is 0 Å². The van der Waals surface area contributed by atoms with Crippen LogP contribution in [0.2, 0.25) is 0 Å². The molecule has 1 atom stereocenters. The molecule has 0 saturated carbocycles. The van der Waals surface area contributed by atoms with Crippen LogP contribution in [0.1, 0.15) is 43.9 Å². The molecule has 0 aromatic heterocycles. The van der Waals surface area contributed by atoms with Crippen molar-refractivity contribution >= 4 is 0 Å². The van der Waals surface area contributed by atoms with E-state index in [2.05, 4.69) is 13.8 Å². The third-order valence-corrected chi connectivity index (χ3v) is 2.75. The minimum atomic E-state index is -0.342. The third kappa shape index (κ3) is 3.20. The summed E-state index contributed by atoms with van der Waals surface area (Å²) in [6.45, 7) is 5.91. The molecule has 2 nitrogen and oxygen atoms in total. The number of nitrogens with two attached hydrogens (primary N) is 1. The van der Waals surface area contributed by atoms with E-state index in [9.17, 15) is 9.50 Å². The van der Waals surface area contributed by atoms with E-state index >= 15 is 0 Å². The molecule has 0 aliphatic heterocycles. The molecule has 1 rings (SSSR count). The van der Waals surface area contributed by atoms with Gasteiger partial charge in [0.1, 0.15) is 11.6 Å². The molecule has 0 bridgehead atoms. The van der Waals surface area contributed by atoms with E-state index in [1.165, 1.54) is 12.1 Å². The molecule has 0 amide bonds. The summed E-state index contributed by atoms with van der Waals surface area (Å²) in [5.74, 6) is 0.339. The number of hydrogen-bond acceptors (Lipinski definition) is 2. The lowest BCUT2D eigenvalue weighted by Crippen LogP contribution is -2.12. The fraction of sp³-hybridized carbons (Fsp3) is 0.538. The largest absolute Gasteiger partial charge is 0.507 e. The molecule has 90 valence electrons. The van der Waals surface area contributed by atoms with Crippen LogP contribution in [0.4, 0.5) is 4.39 Å². The van der Waals surface area contributed by atoms with Gasteiger partial charge in [-0.25, -0.2) is 4.39 Å². The SMILES string of the molecule is Cc1cc(F)cc([C@H](N)CCC(C)C)c1O. The van der Waals surface area contributed by atoms with E-state index in [1.807, 2.05) is 0 Å². The van der Waals surface area contributed by atoms with E-state index in [0.717, 1.165) is 12.8 Å². The van der Waals surface area contributed by atoms with E-state index in [4.69, 9.17) is 5.73 Å². The van der Waals surface area contributed by atoms with Crippen LogP contribution in [0.5, 0.6) is 5.75 Å². The van der Waals surface area contributed by atoms with Crippen LogP contribution < -0.4 is 5.73 Å². The van der Waals surface area contributed by atoms with Crippen molar-refractivity contribution < 1.29 is 9.50 Å². The number of rotatable bonds is 4. The van der Waals surface area contributed by atoms with E-state index in [0.29, 0.717) is 17.0 Å².